The van der Waals surface area contributed by atoms with E-state index in [0.29, 0.717) is 17.0 Å². The summed E-state index contributed by atoms with van der Waals surface area (Å²) in [6.45, 7) is 3.49. The van der Waals surface area contributed by atoms with Crippen LogP contribution in [-0.2, 0) is 9.47 Å². The molecule has 0 spiro atoms. The molecule has 0 N–H and O–H groups in total. The Morgan fingerprint density at radius 2 is 2.31 bits per heavy atom. The maximum Gasteiger partial charge on any atom is 0.146 e. The fourth-order valence-corrected chi connectivity index (χ4v) is 2.41. The second-order valence-corrected chi connectivity index (χ2v) is 5.40. The van der Waals surface area contributed by atoms with Gasteiger partial charge in [-0.05, 0) is 18.8 Å². The maximum atomic E-state index is 5.33. The van der Waals surface area contributed by atoms with E-state index < -0.39 is 0 Å². The monoisotopic (exact) mass is 250 g/mol. The van der Waals surface area contributed by atoms with Crippen LogP contribution in [0.25, 0.3) is 0 Å². The van der Waals surface area contributed by atoms with Crippen molar-refractivity contribution in [3.63, 3.8) is 0 Å². The Morgan fingerprint density at radius 1 is 1.54 bits per heavy atom. The molecule has 0 radical (unpaired) electrons. The lowest BCUT2D eigenvalue weighted by molar-refractivity contribution is -0.0351. The molecule has 1 aliphatic rings. The van der Waals surface area contributed by atoms with Crippen LogP contribution in [0, 0.1) is 5.92 Å². The summed E-state index contributed by atoms with van der Waals surface area (Å²) in [6.07, 6.45) is 5.13. The molecule has 0 aromatic rings. The minimum absolute atomic E-state index is 0.400. The summed E-state index contributed by atoms with van der Waals surface area (Å²) in [5.74, 6) is 0.703. The number of rotatable bonds is 7. The summed E-state index contributed by atoms with van der Waals surface area (Å²) < 4.78 is 10.6. The van der Waals surface area contributed by atoms with Crippen LogP contribution in [-0.4, -0.2) is 24.8 Å². The molecule has 1 rings (SSSR count). The van der Waals surface area contributed by atoms with Crippen molar-refractivity contribution in [2.75, 3.05) is 20.5 Å². The maximum absolute atomic E-state index is 5.33. The smallest absolute Gasteiger partial charge is 0.146 e. The third-order valence-electron chi connectivity index (χ3n) is 2.62. The number of alkyl halides is 1. The lowest BCUT2D eigenvalue weighted by atomic mass is 10.1. The van der Waals surface area contributed by atoms with E-state index in [9.17, 15) is 0 Å². The number of unbranched alkanes of at least 4 members (excludes halogenated alkanes) is 1. The average Bonchev–Trinajstić information content (AvgIpc) is 2.75. The van der Waals surface area contributed by atoms with E-state index in [4.69, 9.17) is 9.47 Å². The third kappa shape index (κ3) is 3.56. The van der Waals surface area contributed by atoms with E-state index in [0.717, 1.165) is 6.61 Å². The Hall–Kier alpha value is 0.400. The minimum atomic E-state index is 0.400. The Labute approximate surface area is 89.1 Å². The minimum Gasteiger partial charge on any atom is -0.359 e. The van der Waals surface area contributed by atoms with Gasteiger partial charge in [-0.1, -0.05) is 35.7 Å². The molecule has 0 saturated heterocycles. The summed E-state index contributed by atoms with van der Waals surface area (Å²) in [6, 6.07) is 0. The van der Waals surface area contributed by atoms with Crippen LogP contribution in [0.4, 0.5) is 0 Å². The highest BCUT2D eigenvalue weighted by atomic mass is 79.9. The van der Waals surface area contributed by atoms with Gasteiger partial charge in [-0.2, -0.15) is 0 Å². The van der Waals surface area contributed by atoms with Gasteiger partial charge >= 0.3 is 0 Å². The summed E-state index contributed by atoms with van der Waals surface area (Å²) in [5, 5.41) is 0. The Bertz CT molecular complexity index is 152. The Morgan fingerprint density at radius 3 is 2.92 bits per heavy atom. The zero-order valence-corrected chi connectivity index (χ0v) is 10.1. The topological polar surface area (TPSA) is 18.5 Å². The van der Waals surface area contributed by atoms with Crippen molar-refractivity contribution in [1.82, 2.24) is 0 Å². The average molecular weight is 251 g/mol. The zero-order valence-electron chi connectivity index (χ0n) is 8.51. The Balaban J connectivity index is 2.05. The molecule has 0 aliphatic heterocycles. The van der Waals surface area contributed by atoms with Crippen LogP contribution in [0.2, 0.25) is 0 Å². The van der Waals surface area contributed by atoms with Gasteiger partial charge in [-0.25, -0.2) is 0 Å². The number of hydrogen-bond acceptors (Lipinski definition) is 2. The van der Waals surface area contributed by atoms with Crippen molar-refractivity contribution in [2.45, 2.75) is 36.9 Å². The van der Waals surface area contributed by atoms with Gasteiger partial charge in [-0.15, -0.1) is 0 Å². The van der Waals surface area contributed by atoms with Crippen LogP contribution >= 0.6 is 15.9 Å². The van der Waals surface area contributed by atoms with Gasteiger partial charge in [0.1, 0.15) is 6.79 Å². The van der Waals surface area contributed by atoms with Crippen molar-refractivity contribution in [3.8, 4) is 0 Å². The highest BCUT2D eigenvalue weighted by molar-refractivity contribution is 9.10. The molecule has 0 bridgehead atoms. The number of ether oxygens (including phenoxy) is 2. The molecule has 0 amide bonds. The van der Waals surface area contributed by atoms with Gasteiger partial charge in [-0.3, -0.25) is 0 Å². The highest BCUT2D eigenvalue weighted by Gasteiger charge is 2.51. The van der Waals surface area contributed by atoms with Crippen LogP contribution in [0.15, 0.2) is 0 Å². The summed E-state index contributed by atoms with van der Waals surface area (Å²) in [4.78, 5) is 0. The summed E-state index contributed by atoms with van der Waals surface area (Å²) >= 11 is 3.79. The fourth-order valence-electron chi connectivity index (χ4n) is 1.61. The van der Waals surface area contributed by atoms with Crippen molar-refractivity contribution in [2.24, 2.45) is 5.92 Å². The van der Waals surface area contributed by atoms with Crippen LogP contribution in [0.5, 0.6) is 0 Å². The molecule has 0 unspecified atom stereocenters. The predicted octanol–water partition coefficient (Wildman–Crippen LogP) is 2.95. The van der Waals surface area contributed by atoms with Gasteiger partial charge in [0.05, 0.1) is 6.61 Å². The van der Waals surface area contributed by atoms with Crippen LogP contribution in [0.3, 0.4) is 0 Å². The van der Waals surface area contributed by atoms with Crippen molar-refractivity contribution >= 4 is 15.9 Å². The first-order valence-electron chi connectivity index (χ1n) is 4.98. The molecular formula is C10H19BrO2. The van der Waals surface area contributed by atoms with Crippen molar-refractivity contribution in [1.29, 1.82) is 0 Å². The van der Waals surface area contributed by atoms with Crippen molar-refractivity contribution < 1.29 is 9.47 Å². The zero-order chi connectivity index (χ0) is 9.73. The largest absolute Gasteiger partial charge is 0.359 e. The first-order valence-corrected chi connectivity index (χ1v) is 5.78. The van der Waals surface area contributed by atoms with Gasteiger partial charge in [0, 0.05) is 11.4 Å². The van der Waals surface area contributed by atoms with E-state index in [1.54, 1.807) is 7.11 Å². The van der Waals surface area contributed by atoms with E-state index >= 15 is 0 Å². The van der Waals surface area contributed by atoms with Gasteiger partial charge in [0.15, 0.2) is 0 Å². The molecule has 13 heavy (non-hydrogen) atoms. The molecule has 1 saturated carbocycles. The number of hydrogen-bond donors (Lipinski definition) is 0. The van der Waals surface area contributed by atoms with Crippen LogP contribution < -0.4 is 0 Å². The molecule has 0 heterocycles. The molecule has 3 heteroatoms. The second-order valence-electron chi connectivity index (χ2n) is 3.82. The quantitative estimate of drug-likeness (QED) is 0.393. The van der Waals surface area contributed by atoms with Crippen LogP contribution in [0.1, 0.15) is 32.6 Å². The van der Waals surface area contributed by atoms with E-state index in [1.807, 2.05) is 0 Å². The molecule has 1 aliphatic carbocycles. The first-order chi connectivity index (χ1) is 6.23. The van der Waals surface area contributed by atoms with E-state index in [2.05, 4.69) is 22.9 Å². The molecule has 78 valence electrons. The number of methoxy groups -OCH3 is 1. The molecule has 2 nitrogen and oxygen atoms in total. The lowest BCUT2D eigenvalue weighted by Gasteiger charge is -2.08. The molecule has 2 atom stereocenters. The normalized spacial score (nSPS) is 32.1. The van der Waals surface area contributed by atoms with Gasteiger partial charge in [0.2, 0.25) is 0 Å². The van der Waals surface area contributed by atoms with Gasteiger partial charge in [0.25, 0.3) is 0 Å². The first kappa shape index (κ1) is 11.5. The fraction of sp³-hybridized carbons (Fsp3) is 1.00. The molecule has 1 fully saturated rings. The third-order valence-corrected chi connectivity index (χ3v) is 3.99. The molecular weight excluding hydrogens is 232 g/mol. The summed E-state index contributed by atoms with van der Waals surface area (Å²) in [7, 11) is 1.66. The standard InChI is InChI=1S/C10H19BrO2/c1-3-4-5-10(11)6-9(10)7-13-8-12-2/h9H,3-8H2,1-2H3/t9-,10+/m0/s1. The molecule has 0 aromatic carbocycles. The number of halogens is 1. The van der Waals surface area contributed by atoms with E-state index in [1.165, 1.54) is 25.7 Å². The SMILES string of the molecule is CCCC[C@@]1(Br)C[C@H]1COCOC. The second kappa shape index (κ2) is 5.32. The predicted molar refractivity (Wildman–Crippen MR) is 57.1 cm³/mol. The molecule has 0 aromatic heterocycles. The van der Waals surface area contributed by atoms with Gasteiger partial charge < -0.3 is 9.47 Å². The summed E-state index contributed by atoms with van der Waals surface area (Å²) in [5.41, 5.74) is 0. The van der Waals surface area contributed by atoms with E-state index in [-0.39, 0.29) is 0 Å². The van der Waals surface area contributed by atoms with Crippen molar-refractivity contribution in [3.05, 3.63) is 0 Å². The highest BCUT2D eigenvalue weighted by Crippen LogP contribution is 2.54. The Kier molecular flexibility index (Phi) is 4.70. The lowest BCUT2D eigenvalue weighted by Crippen LogP contribution is -2.08.